The van der Waals surface area contributed by atoms with Gasteiger partial charge in [0.05, 0.1) is 0 Å². The number of benzene rings is 4. The summed E-state index contributed by atoms with van der Waals surface area (Å²) >= 11 is 3.70. The van der Waals surface area contributed by atoms with E-state index in [0.29, 0.717) is 6.54 Å². The Balaban J connectivity index is 0.000000806. The van der Waals surface area contributed by atoms with Crippen LogP contribution in [-0.2, 0) is 19.2 Å². The number of hydrogen-bond donors (Lipinski definition) is 1. The Bertz CT molecular complexity index is 980. The molecule has 0 atom stereocenters. The largest absolute Gasteiger partial charge is 0.696 e. The second-order valence-electron chi connectivity index (χ2n) is 6.64. The highest BCUT2D eigenvalue weighted by atomic mass is 32.1. The fourth-order valence-electron chi connectivity index (χ4n) is 3.70. The first-order valence-electron chi connectivity index (χ1n) is 9.64. The number of hydrogen-bond acceptors (Lipinski definition) is 3. The summed E-state index contributed by atoms with van der Waals surface area (Å²) in [6.45, 7) is 0.563. The molecule has 4 heteroatoms. The topological polar surface area (TPSA) is 49.8 Å². The molecule has 0 heterocycles. The van der Waals surface area contributed by atoms with Crippen molar-refractivity contribution in [2.75, 3.05) is 0 Å². The van der Waals surface area contributed by atoms with E-state index in [1.807, 2.05) is 0 Å². The quantitative estimate of drug-likeness (QED) is 0.300. The van der Waals surface area contributed by atoms with Gasteiger partial charge in [0.25, 0.3) is 0 Å². The van der Waals surface area contributed by atoms with Gasteiger partial charge in [-0.1, -0.05) is 72.1 Å². The van der Waals surface area contributed by atoms with Crippen molar-refractivity contribution in [2.24, 2.45) is 5.73 Å². The molecule has 0 amide bonds. The van der Waals surface area contributed by atoms with Crippen molar-refractivity contribution in [1.29, 1.82) is 5.26 Å². The monoisotopic (exact) mass is 426 g/mol. The van der Waals surface area contributed by atoms with Crippen LogP contribution < -0.4 is 27.0 Å². The number of nitrogens with two attached hydrogens (primary N) is 1. The van der Waals surface area contributed by atoms with Gasteiger partial charge in [-0.25, -0.2) is 5.26 Å². The highest BCUT2D eigenvalue weighted by molar-refractivity contribution is 8.01. The molecule has 0 unspecified atom stereocenters. The Labute approximate surface area is 184 Å². The first kappa shape index (κ1) is 21.7. The lowest BCUT2D eigenvalue weighted by atomic mass is 10.2. The molecule has 0 saturated heterocycles. The molecule has 0 aliphatic carbocycles. The van der Waals surface area contributed by atoms with Crippen LogP contribution in [-0.4, -0.2) is 0 Å². The lowest BCUT2D eigenvalue weighted by Crippen LogP contribution is -2.38. The van der Waals surface area contributed by atoms with Crippen molar-refractivity contribution in [3.63, 3.8) is 0 Å². The van der Waals surface area contributed by atoms with Crippen LogP contribution in [0.1, 0.15) is 5.56 Å². The molecule has 4 aromatic carbocycles. The molecule has 0 fully saturated rings. The molecule has 148 valence electrons. The summed E-state index contributed by atoms with van der Waals surface area (Å²) in [5.74, 6) is 0. The molecule has 0 aliphatic heterocycles. The van der Waals surface area contributed by atoms with Crippen LogP contribution in [0.3, 0.4) is 0 Å². The Morgan fingerprint density at radius 2 is 0.900 bits per heavy atom. The lowest BCUT2D eigenvalue weighted by Gasteiger charge is -2.27. The van der Waals surface area contributed by atoms with E-state index in [9.17, 15) is 0 Å². The summed E-state index contributed by atoms with van der Waals surface area (Å²) in [4.78, 5) is 0. The predicted molar refractivity (Wildman–Crippen MR) is 132 cm³/mol. The lowest BCUT2D eigenvalue weighted by molar-refractivity contribution is 1.07. The van der Waals surface area contributed by atoms with Crippen molar-refractivity contribution in [1.82, 2.24) is 0 Å². The van der Waals surface area contributed by atoms with E-state index in [1.54, 1.807) is 0 Å². The first-order chi connectivity index (χ1) is 14.8. The van der Waals surface area contributed by atoms with Gasteiger partial charge in [0, 0.05) is 6.54 Å². The van der Waals surface area contributed by atoms with Gasteiger partial charge in [-0.05, 0) is 54.1 Å². The fourth-order valence-corrected chi connectivity index (χ4v) is 7.95. The normalized spacial score (nSPS) is 10.4. The Kier molecular flexibility index (Phi) is 7.71. The average molecular weight is 427 g/mol. The van der Waals surface area contributed by atoms with Gasteiger partial charge in [0.2, 0.25) is 0 Å². The molecule has 0 spiro atoms. The van der Waals surface area contributed by atoms with Crippen molar-refractivity contribution in [3.8, 4) is 5.40 Å². The Hall–Kier alpha value is -3.02. The zero-order valence-electron chi connectivity index (χ0n) is 16.6. The molecule has 4 rings (SSSR count). The van der Waals surface area contributed by atoms with E-state index in [2.05, 4.69) is 128 Å². The highest BCUT2D eigenvalue weighted by Crippen LogP contribution is 2.54. The first-order valence-corrected chi connectivity index (χ1v) is 11.8. The number of nitrogens with zero attached hydrogens (tertiary/aromatic N) is 1. The van der Waals surface area contributed by atoms with Gasteiger partial charge in [0.1, 0.15) is 28.5 Å². The number of rotatable bonds is 5. The van der Waals surface area contributed by atoms with Crippen LogP contribution in [0.4, 0.5) is 0 Å². The van der Waals surface area contributed by atoms with Crippen LogP contribution in [0.15, 0.2) is 115 Å². The second kappa shape index (κ2) is 10.7. The minimum Gasteiger partial charge on any atom is -0.696 e. The Morgan fingerprint density at radius 3 is 1.20 bits per heavy atom. The molecule has 0 bridgehead atoms. The zero-order valence-corrected chi connectivity index (χ0v) is 18.3. The molecule has 4 aromatic rings. The van der Waals surface area contributed by atoms with Crippen LogP contribution >= 0.6 is 7.26 Å². The zero-order chi connectivity index (χ0) is 21.2. The van der Waals surface area contributed by atoms with E-state index in [1.165, 1.54) is 26.6 Å². The minimum atomic E-state index is -1.98. The fraction of sp³-hybridized carbons (Fsp3) is 0.0385. The van der Waals surface area contributed by atoms with Gasteiger partial charge in [-0.2, -0.15) is 0 Å². The third-order valence-corrected chi connectivity index (χ3v) is 9.28. The van der Waals surface area contributed by atoms with E-state index < -0.39 is 7.26 Å². The van der Waals surface area contributed by atoms with Crippen molar-refractivity contribution in [3.05, 3.63) is 121 Å². The van der Waals surface area contributed by atoms with Crippen LogP contribution in [0.5, 0.6) is 0 Å². The smallest absolute Gasteiger partial charge is 0.144 e. The average Bonchev–Trinajstić information content (AvgIpc) is 2.83. The van der Waals surface area contributed by atoms with Crippen molar-refractivity contribution >= 4 is 41.1 Å². The maximum Gasteiger partial charge on any atom is 0.144 e. The summed E-state index contributed by atoms with van der Waals surface area (Å²) < 4.78 is 0. The van der Waals surface area contributed by atoms with Gasteiger partial charge in [-0.15, -0.1) is 0 Å². The van der Waals surface area contributed by atoms with Crippen molar-refractivity contribution in [2.45, 2.75) is 6.54 Å². The highest BCUT2D eigenvalue weighted by Gasteiger charge is 2.47. The van der Waals surface area contributed by atoms with E-state index in [4.69, 9.17) is 11.0 Å². The molecular weight excluding hydrogens is 403 g/mol. The minimum absolute atomic E-state index is 0.563. The molecule has 2 nitrogen and oxygen atoms in total. The Morgan fingerprint density at radius 1 is 0.600 bits per heavy atom. The maximum absolute atomic E-state index is 7.13. The molecule has 30 heavy (non-hydrogen) atoms. The van der Waals surface area contributed by atoms with Crippen LogP contribution in [0.25, 0.3) is 0 Å². The van der Waals surface area contributed by atoms with Gasteiger partial charge in [-0.3, -0.25) is 0 Å². The molecule has 0 saturated carbocycles. The SMILES string of the molecule is N#C[S-].NCc1ccc([P+](c2ccccc2)(c2ccccc2)c2ccccc2)cc1. The summed E-state index contributed by atoms with van der Waals surface area (Å²) in [5.41, 5.74) is 7.01. The standard InChI is InChI=1S/C25H23NP.CHNS/c26-20-21-16-18-25(19-17-21)27(22-10-4-1-5-11-22,23-12-6-2-7-13-23)24-14-8-3-9-15-24;2-1-3/h1-19H,20,26H2;3H/q+1;/p-1. The second-order valence-corrected chi connectivity index (χ2v) is 10.2. The maximum atomic E-state index is 7.13. The summed E-state index contributed by atoms with van der Waals surface area (Å²) in [6.07, 6.45) is 0. The molecule has 0 radical (unpaired) electrons. The molecule has 0 aromatic heterocycles. The van der Waals surface area contributed by atoms with E-state index in [0.717, 1.165) is 5.56 Å². The summed E-state index contributed by atoms with van der Waals surface area (Å²) in [6, 6.07) is 41.6. The van der Waals surface area contributed by atoms with E-state index in [-0.39, 0.29) is 0 Å². The van der Waals surface area contributed by atoms with Gasteiger partial charge < -0.3 is 18.4 Å². The third-order valence-electron chi connectivity index (χ3n) is 4.99. The molecule has 0 aliphatic rings. The third kappa shape index (κ3) is 4.42. The van der Waals surface area contributed by atoms with E-state index >= 15 is 0 Å². The number of nitriles is 1. The molecule has 2 N–H and O–H groups in total. The van der Waals surface area contributed by atoms with Crippen molar-refractivity contribution < 1.29 is 0 Å². The van der Waals surface area contributed by atoms with Gasteiger partial charge >= 0.3 is 0 Å². The molecular formula is C26H23N2PS. The predicted octanol–water partition coefficient (Wildman–Crippen LogP) is 3.78. The van der Waals surface area contributed by atoms with Crippen LogP contribution in [0, 0.1) is 10.7 Å². The summed E-state index contributed by atoms with van der Waals surface area (Å²) in [5, 5.41) is 13.9. The van der Waals surface area contributed by atoms with Gasteiger partial charge in [0.15, 0.2) is 0 Å². The van der Waals surface area contributed by atoms with Crippen LogP contribution in [0.2, 0.25) is 0 Å². The summed E-state index contributed by atoms with van der Waals surface area (Å²) in [7, 11) is -1.98. The number of thiocyanates is 1.